The van der Waals surface area contributed by atoms with Crippen molar-refractivity contribution >= 4 is 11.8 Å². The van der Waals surface area contributed by atoms with Crippen LogP contribution in [0.2, 0.25) is 0 Å². The fourth-order valence-corrected chi connectivity index (χ4v) is 2.69. The predicted octanol–water partition coefficient (Wildman–Crippen LogP) is 2.20. The normalized spacial score (nSPS) is 11.0. The summed E-state index contributed by atoms with van der Waals surface area (Å²) in [7, 11) is 0. The van der Waals surface area contributed by atoms with E-state index in [4.69, 9.17) is 10.3 Å². The second-order valence-electron chi connectivity index (χ2n) is 4.46. The number of aryl methyl sites for hydroxylation is 2. The molecule has 0 aliphatic rings. The highest BCUT2D eigenvalue weighted by atomic mass is 32.2. The minimum Gasteiger partial charge on any atom is -0.469 e. The van der Waals surface area contributed by atoms with Gasteiger partial charge in [-0.3, -0.25) is 0 Å². The second-order valence-corrected chi connectivity index (χ2v) is 5.42. The van der Waals surface area contributed by atoms with Gasteiger partial charge in [0.05, 0.1) is 17.5 Å². The molecule has 0 radical (unpaired) electrons. The highest BCUT2D eigenvalue weighted by Crippen LogP contribution is 2.30. The van der Waals surface area contributed by atoms with Gasteiger partial charge in [0.15, 0.2) is 11.6 Å². The minimum absolute atomic E-state index is 0.168. The molecule has 3 aromatic heterocycles. The summed E-state index contributed by atoms with van der Waals surface area (Å²) >= 11 is 1.00. The zero-order chi connectivity index (χ0) is 15.7. The SMILES string of the molecule is CCc1ncnc(Sc2nnc(-c3ccoc3C)n2N)c1F. The lowest BCUT2D eigenvalue weighted by atomic mass is 10.2. The standard InChI is InChI=1S/C13H13FN6OS/c1-3-9-10(14)12(17-6-16-9)22-13-19-18-11(20(13)15)8-4-5-21-7(8)2/h4-6H,3,15H2,1-2H3. The average Bonchev–Trinajstić information content (AvgIpc) is 3.08. The van der Waals surface area contributed by atoms with Gasteiger partial charge in [0, 0.05) is 0 Å². The highest BCUT2D eigenvalue weighted by Gasteiger charge is 2.19. The van der Waals surface area contributed by atoms with Crippen LogP contribution >= 0.6 is 11.8 Å². The van der Waals surface area contributed by atoms with Crippen LogP contribution in [0.4, 0.5) is 4.39 Å². The molecule has 0 atom stereocenters. The molecule has 3 rings (SSSR count). The topological polar surface area (TPSA) is 95.6 Å². The molecule has 114 valence electrons. The molecule has 0 aromatic carbocycles. The molecule has 22 heavy (non-hydrogen) atoms. The Labute approximate surface area is 129 Å². The summed E-state index contributed by atoms with van der Waals surface area (Å²) in [6, 6.07) is 1.75. The molecule has 0 aliphatic carbocycles. The van der Waals surface area contributed by atoms with Crippen molar-refractivity contribution < 1.29 is 8.81 Å². The van der Waals surface area contributed by atoms with E-state index < -0.39 is 5.82 Å². The first-order chi connectivity index (χ1) is 10.6. The zero-order valence-electron chi connectivity index (χ0n) is 11.9. The van der Waals surface area contributed by atoms with Gasteiger partial charge in [-0.15, -0.1) is 10.2 Å². The molecule has 0 amide bonds. The molecule has 0 saturated carbocycles. The van der Waals surface area contributed by atoms with Crippen LogP contribution in [-0.4, -0.2) is 24.8 Å². The first-order valence-corrected chi connectivity index (χ1v) is 7.35. The largest absolute Gasteiger partial charge is 0.469 e. The molecule has 0 bridgehead atoms. The van der Waals surface area contributed by atoms with Gasteiger partial charge >= 0.3 is 0 Å². The van der Waals surface area contributed by atoms with Gasteiger partial charge in [-0.2, -0.15) is 0 Å². The van der Waals surface area contributed by atoms with E-state index in [9.17, 15) is 4.39 Å². The maximum absolute atomic E-state index is 14.2. The molecule has 0 aliphatic heterocycles. The van der Waals surface area contributed by atoms with Crippen LogP contribution in [0, 0.1) is 12.7 Å². The van der Waals surface area contributed by atoms with Gasteiger partial charge in [-0.25, -0.2) is 19.0 Å². The van der Waals surface area contributed by atoms with Crippen LogP contribution in [0.5, 0.6) is 0 Å². The Morgan fingerprint density at radius 3 is 2.86 bits per heavy atom. The summed E-state index contributed by atoms with van der Waals surface area (Å²) in [5, 5.41) is 8.51. The van der Waals surface area contributed by atoms with Crippen molar-refractivity contribution in [3.05, 3.63) is 35.9 Å². The lowest BCUT2D eigenvalue weighted by molar-refractivity contribution is 0.535. The van der Waals surface area contributed by atoms with E-state index in [-0.39, 0.29) is 5.03 Å². The van der Waals surface area contributed by atoms with E-state index in [2.05, 4.69) is 20.2 Å². The lowest BCUT2D eigenvalue weighted by Crippen LogP contribution is -2.12. The molecular weight excluding hydrogens is 307 g/mol. The summed E-state index contributed by atoms with van der Waals surface area (Å²) in [4.78, 5) is 7.83. The van der Waals surface area contributed by atoms with Crippen LogP contribution in [0.3, 0.4) is 0 Å². The molecule has 3 aromatic rings. The Kier molecular flexibility index (Phi) is 3.80. The third kappa shape index (κ3) is 2.43. The smallest absolute Gasteiger partial charge is 0.216 e. The van der Waals surface area contributed by atoms with Crippen molar-refractivity contribution in [1.82, 2.24) is 24.8 Å². The molecule has 7 nitrogen and oxygen atoms in total. The number of nitrogens with two attached hydrogens (primary N) is 1. The van der Waals surface area contributed by atoms with Crippen LogP contribution in [-0.2, 0) is 6.42 Å². The number of aromatic nitrogens is 5. The van der Waals surface area contributed by atoms with Crippen LogP contribution in [0.1, 0.15) is 18.4 Å². The van der Waals surface area contributed by atoms with Gasteiger partial charge in [-0.05, 0) is 31.2 Å². The Balaban J connectivity index is 1.95. The molecule has 0 fully saturated rings. The maximum Gasteiger partial charge on any atom is 0.216 e. The highest BCUT2D eigenvalue weighted by molar-refractivity contribution is 7.99. The Hall–Kier alpha value is -2.42. The number of nitrogens with zero attached hydrogens (tertiary/aromatic N) is 5. The quantitative estimate of drug-likeness (QED) is 0.581. The number of rotatable bonds is 4. The first kappa shape index (κ1) is 14.5. The third-order valence-corrected chi connectivity index (χ3v) is 4.06. The molecule has 0 saturated heterocycles. The van der Waals surface area contributed by atoms with Gasteiger partial charge in [0.25, 0.3) is 0 Å². The number of halogens is 1. The summed E-state index contributed by atoms with van der Waals surface area (Å²) in [6.45, 7) is 3.62. The minimum atomic E-state index is -0.459. The third-order valence-electron chi connectivity index (χ3n) is 3.12. The van der Waals surface area contributed by atoms with Crippen LogP contribution < -0.4 is 5.84 Å². The number of hydrogen-bond donors (Lipinski definition) is 1. The van der Waals surface area contributed by atoms with E-state index >= 15 is 0 Å². The zero-order valence-corrected chi connectivity index (χ0v) is 12.8. The first-order valence-electron chi connectivity index (χ1n) is 6.54. The van der Waals surface area contributed by atoms with Gasteiger partial charge < -0.3 is 10.3 Å². The Morgan fingerprint density at radius 2 is 2.18 bits per heavy atom. The van der Waals surface area contributed by atoms with Crippen molar-refractivity contribution in [2.75, 3.05) is 5.84 Å². The average molecular weight is 320 g/mol. The van der Waals surface area contributed by atoms with Crippen molar-refractivity contribution in [3.63, 3.8) is 0 Å². The van der Waals surface area contributed by atoms with E-state index in [0.29, 0.717) is 28.9 Å². The van der Waals surface area contributed by atoms with Gasteiger partial charge in [-0.1, -0.05) is 6.92 Å². The van der Waals surface area contributed by atoms with Crippen molar-refractivity contribution in [2.24, 2.45) is 0 Å². The summed E-state index contributed by atoms with van der Waals surface area (Å²) in [5.41, 5.74) is 1.09. The van der Waals surface area contributed by atoms with Crippen molar-refractivity contribution in [2.45, 2.75) is 30.5 Å². The molecule has 0 spiro atoms. The number of hydrogen-bond acceptors (Lipinski definition) is 7. The Bertz CT molecular complexity index is 815. The number of furan rings is 1. The monoisotopic (exact) mass is 320 g/mol. The van der Waals surface area contributed by atoms with Gasteiger partial charge in [0.1, 0.15) is 17.1 Å². The van der Waals surface area contributed by atoms with E-state index in [0.717, 1.165) is 17.3 Å². The van der Waals surface area contributed by atoms with Crippen LogP contribution in [0.25, 0.3) is 11.4 Å². The van der Waals surface area contributed by atoms with Crippen molar-refractivity contribution in [3.8, 4) is 11.4 Å². The molecule has 3 heterocycles. The van der Waals surface area contributed by atoms with E-state index in [1.807, 2.05) is 6.92 Å². The summed E-state index contributed by atoms with van der Waals surface area (Å²) in [5.74, 6) is 6.66. The summed E-state index contributed by atoms with van der Waals surface area (Å²) in [6.07, 6.45) is 3.35. The fourth-order valence-electron chi connectivity index (χ4n) is 1.94. The van der Waals surface area contributed by atoms with Crippen LogP contribution in [0.15, 0.2) is 33.3 Å². The molecule has 9 heteroatoms. The fraction of sp³-hybridized carbons (Fsp3) is 0.231. The predicted molar refractivity (Wildman–Crippen MR) is 78.1 cm³/mol. The number of nitrogen functional groups attached to an aromatic ring is 1. The molecule has 0 unspecified atom stereocenters. The van der Waals surface area contributed by atoms with Gasteiger partial charge in [0.2, 0.25) is 5.16 Å². The lowest BCUT2D eigenvalue weighted by Gasteiger charge is -2.05. The Morgan fingerprint density at radius 1 is 1.36 bits per heavy atom. The van der Waals surface area contributed by atoms with Crippen molar-refractivity contribution in [1.29, 1.82) is 0 Å². The maximum atomic E-state index is 14.2. The van der Waals surface area contributed by atoms with E-state index in [1.165, 1.54) is 11.0 Å². The van der Waals surface area contributed by atoms with E-state index in [1.54, 1.807) is 19.3 Å². The molecule has 2 N–H and O–H groups in total. The summed E-state index contributed by atoms with van der Waals surface area (Å²) < 4.78 is 20.7. The molecular formula is C13H13FN6OS. The second kappa shape index (κ2) is 5.76.